The van der Waals surface area contributed by atoms with Crippen molar-refractivity contribution in [3.05, 3.63) is 52.0 Å². The molecule has 0 unspecified atom stereocenters. The third-order valence-corrected chi connectivity index (χ3v) is 6.41. The maximum Gasteiger partial charge on any atom is 0.304 e. The number of phenolic OH excluding ortho intramolecular Hbond substituents is 1. The van der Waals surface area contributed by atoms with E-state index >= 15 is 0 Å². The topological polar surface area (TPSA) is 79.2 Å². The van der Waals surface area contributed by atoms with Gasteiger partial charge in [0, 0.05) is 33.6 Å². The van der Waals surface area contributed by atoms with E-state index in [1.165, 1.54) is 5.56 Å². The molecule has 2 N–H and O–H groups in total. The van der Waals surface area contributed by atoms with Gasteiger partial charge in [0.15, 0.2) is 0 Å². The van der Waals surface area contributed by atoms with Crippen LogP contribution in [-0.2, 0) is 16.8 Å². The number of piperidine rings is 1. The van der Waals surface area contributed by atoms with Crippen molar-refractivity contribution in [1.82, 2.24) is 4.90 Å². The molecule has 6 nitrogen and oxygen atoms in total. The number of carboxylic acids is 1. The van der Waals surface area contributed by atoms with Crippen molar-refractivity contribution < 1.29 is 24.5 Å². The minimum atomic E-state index is -0.747. The van der Waals surface area contributed by atoms with Crippen LogP contribution in [0.5, 0.6) is 17.2 Å². The molecule has 7 heteroatoms. The standard InChI is InChI=1S/C22H24BrNO5/c23-16-1-4-19(25)15(11-16)13-28-17-2-3-18-20(12-17)29-14-22(18)6-9-24(10-7-22)8-5-21(26)27/h1-4,11-12,25H,5-10,13-14H2,(H,26,27). The fourth-order valence-corrected chi connectivity index (χ4v) is 4.56. The number of nitrogens with zero attached hydrogens (tertiary/aromatic N) is 1. The summed E-state index contributed by atoms with van der Waals surface area (Å²) in [5, 5.41) is 18.8. The first-order chi connectivity index (χ1) is 13.9. The first-order valence-corrected chi connectivity index (χ1v) is 10.6. The third-order valence-electron chi connectivity index (χ3n) is 5.92. The molecule has 1 fully saturated rings. The summed E-state index contributed by atoms with van der Waals surface area (Å²) in [7, 11) is 0. The average molecular weight is 462 g/mol. The molecule has 2 heterocycles. The Labute approximate surface area is 178 Å². The molecule has 29 heavy (non-hydrogen) atoms. The highest BCUT2D eigenvalue weighted by Crippen LogP contribution is 2.46. The average Bonchev–Trinajstić information content (AvgIpc) is 3.06. The number of aliphatic carboxylic acids is 1. The van der Waals surface area contributed by atoms with Crippen LogP contribution in [0, 0.1) is 0 Å². The van der Waals surface area contributed by atoms with Gasteiger partial charge in [0.2, 0.25) is 0 Å². The number of hydrogen-bond acceptors (Lipinski definition) is 5. The molecule has 0 aliphatic carbocycles. The van der Waals surface area contributed by atoms with Crippen LogP contribution in [0.4, 0.5) is 0 Å². The minimum Gasteiger partial charge on any atom is -0.508 e. The molecule has 1 saturated heterocycles. The van der Waals surface area contributed by atoms with Gasteiger partial charge in [-0.1, -0.05) is 22.0 Å². The van der Waals surface area contributed by atoms with Crippen LogP contribution < -0.4 is 9.47 Å². The van der Waals surface area contributed by atoms with E-state index in [-0.39, 0.29) is 24.2 Å². The third kappa shape index (κ3) is 4.36. The maximum absolute atomic E-state index is 10.8. The Hall–Kier alpha value is -2.25. The highest BCUT2D eigenvalue weighted by molar-refractivity contribution is 9.10. The number of phenols is 1. The van der Waals surface area contributed by atoms with Gasteiger partial charge in [-0.05, 0) is 50.2 Å². The SMILES string of the molecule is O=C(O)CCN1CCC2(CC1)COc1cc(OCc3cc(Br)ccc3O)ccc12. The zero-order valence-electron chi connectivity index (χ0n) is 16.1. The number of ether oxygens (including phenoxy) is 2. The number of halogens is 1. The molecule has 0 bridgehead atoms. The minimum absolute atomic E-state index is 0.0101. The second-order valence-electron chi connectivity index (χ2n) is 7.77. The summed E-state index contributed by atoms with van der Waals surface area (Å²) in [4.78, 5) is 13.0. The molecule has 2 aromatic carbocycles. The van der Waals surface area contributed by atoms with E-state index in [2.05, 4.69) is 26.9 Å². The molecule has 4 rings (SSSR count). The van der Waals surface area contributed by atoms with Crippen molar-refractivity contribution in [3.63, 3.8) is 0 Å². The van der Waals surface area contributed by atoms with Crippen LogP contribution in [0.3, 0.4) is 0 Å². The van der Waals surface area contributed by atoms with Gasteiger partial charge in [-0.15, -0.1) is 0 Å². The molecule has 2 aliphatic heterocycles. The van der Waals surface area contributed by atoms with Gasteiger partial charge in [0.25, 0.3) is 0 Å². The summed E-state index contributed by atoms with van der Waals surface area (Å²) < 4.78 is 12.8. The molecule has 0 atom stereocenters. The van der Waals surface area contributed by atoms with E-state index in [9.17, 15) is 9.90 Å². The first kappa shape index (κ1) is 20.0. The summed E-state index contributed by atoms with van der Waals surface area (Å²) in [5.41, 5.74) is 1.94. The Kier molecular flexibility index (Phi) is 5.69. The number of carbonyl (C=O) groups is 1. The second kappa shape index (κ2) is 8.24. The zero-order valence-corrected chi connectivity index (χ0v) is 17.7. The lowest BCUT2D eigenvalue weighted by Gasteiger charge is -2.38. The lowest BCUT2D eigenvalue weighted by molar-refractivity contribution is -0.137. The monoisotopic (exact) mass is 461 g/mol. The lowest BCUT2D eigenvalue weighted by Crippen LogP contribution is -2.44. The van der Waals surface area contributed by atoms with Gasteiger partial charge in [-0.25, -0.2) is 0 Å². The molecule has 0 radical (unpaired) electrons. The van der Waals surface area contributed by atoms with E-state index in [4.69, 9.17) is 14.6 Å². The van der Waals surface area contributed by atoms with Crippen molar-refractivity contribution in [2.75, 3.05) is 26.2 Å². The van der Waals surface area contributed by atoms with Crippen molar-refractivity contribution in [1.29, 1.82) is 0 Å². The predicted molar refractivity (Wildman–Crippen MR) is 112 cm³/mol. The summed E-state index contributed by atoms with van der Waals surface area (Å²) in [6.45, 7) is 3.31. The number of hydrogen-bond donors (Lipinski definition) is 2. The quantitative estimate of drug-likeness (QED) is 0.678. The fourth-order valence-electron chi connectivity index (χ4n) is 4.15. The van der Waals surface area contributed by atoms with Crippen molar-refractivity contribution in [3.8, 4) is 17.2 Å². The second-order valence-corrected chi connectivity index (χ2v) is 8.69. The van der Waals surface area contributed by atoms with Gasteiger partial charge in [0.05, 0.1) is 13.0 Å². The number of carboxylic acid groups (broad SMARTS) is 1. The van der Waals surface area contributed by atoms with E-state index in [0.29, 0.717) is 24.5 Å². The Balaban J connectivity index is 1.40. The van der Waals surface area contributed by atoms with Crippen LogP contribution in [0.2, 0.25) is 0 Å². The normalized spacial score (nSPS) is 17.7. The van der Waals surface area contributed by atoms with Crippen LogP contribution >= 0.6 is 15.9 Å². The molecule has 154 valence electrons. The Morgan fingerprint density at radius 2 is 2.00 bits per heavy atom. The highest BCUT2D eigenvalue weighted by Gasteiger charge is 2.43. The Morgan fingerprint density at radius 3 is 2.76 bits per heavy atom. The number of rotatable bonds is 6. The molecule has 0 saturated carbocycles. The van der Waals surface area contributed by atoms with E-state index in [1.807, 2.05) is 18.2 Å². The number of likely N-dealkylation sites (tertiary alicyclic amines) is 1. The van der Waals surface area contributed by atoms with E-state index in [1.54, 1.807) is 12.1 Å². The van der Waals surface area contributed by atoms with E-state index < -0.39 is 5.97 Å². The smallest absolute Gasteiger partial charge is 0.304 e. The van der Waals surface area contributed by atoms with Crippen LogP contribution in [-0.4, -0.2) is 47.3 Å². The maximum atomic E-state index is 10.8. The predicted octanol–water partition coefficient (Wildman–Crippen LogP) is 3.93. The Bertz CT molecular complexity index is 908. The summed E-state index contributed by atoms with van der Waals surface area (Å²) >= 11 is 3.41. The van der Waals surface area contributed by atoms with Crippen LogP contribution in [0.25, 0.3) is 0 Å². The number of benzene rings is 2. The molecule has 1 spiro atoms. The van der Waals surface area contributed by atoms with Crippen molar-refractivity contribution in [2.45, 2.75) is 31.3 Å². The molecule has 2 aromatic rings. The number of fused-ring (bicyclic) bond motifs is 2. The molecule has 0 amide bonds. The highest BCUT2D eigenvalue weighted by atomic mass is 79.9. The largest absolute Gasteiger partial charge is 0.508 e. The lowest BCUT2D eigenvalue weighted by atomic mass is 9.74. The summed E-state index contributed by atoms with van der Waals surface area (Å²) in [5.74, 6) is 1.03. The molecular weight excluding hydrogens is 438 g/mol. The number of aromatic hydroxyl groups is 1. The zero-order chi connectivity index (χ0) is 20.4. The van der Waals surface area contributed by atoms with Gasteiger partial charge >= 0.3 is 5.97 Å². The Morgan fingerprint density at radius 1 is 1.21 bits per heavy atom. The molecule has 2 aliphatic rings. The van der Waals surface area contributed by atoms with Crippen LogP contribution in [0.15, 0.2) is 40.9 Å². The van der Waals surface area contributed by atoms with Gasteiger partial charge in [0.1, 0.15) is 23.9 Å². The van der Waals surface area contributed by atoms with E-state index in [0.717, 1.165) is 36.2 Å². The summed E-state index contributed by atoms with van der Waals surface area (Å²) in [6, 6.07) is 11.2. The van der Waals surface area contributed by atoms with Crippen molar-refractivity contribution in [2.24, 2.45) is 0 Å². The van der Waals surface area contributed by atoms with Gasteiger partial charge < -0.3 is 24.6 Å². The summed E-state index contributed by atoms with van der Waals surface area (Å²) in [6.07, 6.45) is 2.12. The first-order valence-electron chi connectivity index (χ1n) is 9.77. The molecular formula is C22H24BrNO5. The van der Waals surface area contributed by atoms with Crippen LogP contribution in [0.1, 0.15) is 30.4 Å². The fraction of sp³-hybridized carbons (Fsp3) is 0.409. The van der Waals surface area contributed by atoms with Gasteiger partial charge in [-0.2, -0.15) is 0 Å². The molecule has 0 aromatic heterocycles. The van der Waals surface area contributed by atoms with Crippen molar-refractivity contribution >= 4 is 21.9 Å². The van der Waals surface area contributed by atoms with Gasteiger partial charge in [-0.3, -0.25) is 4.79 Å².